The first kappa shape index (κ1) is 12.5. The molecule has 18 heavy (non-hydrogen) atoms. The number of nitrogens with one attached hydrogen (secondary N) is 1. The average Bonchev–Trinajstić information content (AvgIpc) is 2.46. The van der Waals surface area contributed by atoms with E-state index in [1.165, 1.54) is 5.56 Å². The largest absolute Gasteiger partial charge is 0.394 e. The zero-order valence-corrected chi connectivity index (χ0v) is 10.4. The zero-order chi connectivity index (χ0) is 12.8. The number of nitrogens with zero attached hydrogens (tertiary/aromatic N) is 2. The van der Waals surface area contributed by atoms with Gasteiger partial charge in [0.25, 0.3) is 0 Å². The van der Waals surface area contributed by atoms with Gasteiger partial charge in [0.2, 0.25) is 5.95 Å². The Labute approximate surface area is 107 Å². The molecule has 0 saturated heterocycles. The van der Waals surface area contributed by atoms with Crippen LogP contribution in [0.1, 0.15) is 24.1 Å². The van der Waals surface area contributed by atoms with E-state index in [0.717, 1.165) is 12.0 Å². The molecule has 0 fully saturated rings. The number of aliphatic hydroxyl groups is 1. The van der Waals surface area contributed by atoms with E-state index in [9.17, 15) is 5.11 Å². The molecule has 0 aliphatic heterocycles. The fourth-order valence-corrected chi connectivity index (χ4v) is 1.75. The molecule has 2 rings (SSSR count). The number of benzene rings is 1. The number of aryl methyl sites for hydroxylation is 1. The van der Waals surface area contributed by atoms with Gasteiger partial charge in [0, 0.05) is 12.4 Å². The maximum Gasteiger partial charge on any atom is 0.223 e. The molecule has 0 spiro atoms. The van der Waals surface area contributed by atoms with Crippen molar-refractivity contribution in [2.45, 2.75) is 19.4 Å². The van der Waals surface area contributed by atoms with Gasteiger partial charge in [-0.15, -0.1) is 0 Å². The quantitative estimate of drug-likeness (QED) is 0.845. The lowest BCUT2D eigenvalue weighted by atomic mass is 10.0. The molecule has 94 valence electrons. The highest BCUT2D eigenvalue weighted by Gasteiger charge is 2.10. The van der Waals surface area contributed by atoms with E-state index in [-0.39, 0.29) is 12.6 Å². The van der Waals surface area contributed by atoms with Crippen LogP contribution >= 0.6 is 0 Å². The molecule has 0 aliphatic rings. The van der Waals surface area contributed by atoms with Crippen LogP contribution in [0.25, 0.3) is 0 Å². The van der Waals surface area contributed by atoms with Crippen LogP contribution in [0.5, 0.6) is 0 Å². The second-order valence-corrected chi connectivity index (χ2v) is 4.05. The average molecular weight is 243 g/mol. The van der Waals surface area contributed by atoms with Crippen LogP contribution in [0.3, 0.4) is 0 Å². The lowest BCUT2D eigenvalue weighted by Crippen LogP contribution is -2.16. The first-order chi connectivity index (χ1) is 8.83. The summed E-state index contributed by atoms with van der Waals surface area (Å²) >= 11 is 0. The Kier molecular flexibility index (Phi) is 4.25. The Bertz CT molecular complexity index is 470. The Morgan fingerprint density at radius 3 is 2.39 bits per heavy atom. The summed E-state index contributed by atoms with van der Waals surface area (Å²) in [4.78, 5) is 8.18. The molecule has 1 aromatic carbocycles. The van der Waals surface area contributed by atoms with Crippen molar-refractivity contribution in [3.8, 4) is 0 Å². The first-order valence-electron chi connectivity index (χ1n) is 6.06. The van der Waals surface area contributed by atoms with Crippen LogP contribution in [-0.4, -0.2) is 21.7 Å². The predicted molar refractivity (Wildman–Crippen MR) is 71.3 cm³/mol. The molecule has 2 N–H and O–H groups in total. The van der Waals surface area contributed by atoms with Gasteiger partial charge in [0.1, 0.15) is 0 Å². The summed E-state index contributed by atoms with van der Waals surface area (Å²) in [5.41, 5.74) is 2.31. The van der Waals surface area contributed by atoms with Gasteiger partial charge in [-0.05, 0) is 23.6 Å². The molecule has 2 aromatic rings. The van der Waals surface area contributed by atoms with E-state index < -0.39 is 0 Å². The summed E-state index contributed by atoms with van der Waals surface area (Å²) < 4.78 is 0. The van der Waals surface area contributed by atoms with Crippen molar-refractivity contribution >= 4 is 5.95 Å². The van der Waals surface area contributed by atoms with Gasteiger partial charge in [0.05, 0.1) is 12.6 Å². The molecule has 1 heterocycles. The standard InChI is InChI=1S/C14H17N3O/c1-2-11-4-6-12(7-5-11)13(10-18)17-14-15-8-3-9-16-14/h3-9,13,18H,2,10H2,1H3,(H,15,16,17). The molecule has 0 radical (unpaired) electrons. The van der Waals surface area contributed by atoms with E-state index in [1.807, 2.05) is 12.1 Å². The van der Waals surface area contributed by atoms with E-state index in [2.05, 4.69) is 34.3 Å². The molecule has 4 nitrogen and oxygen atoms in total. The van der Waals surface area contributed by atoms with Gasteiger partial charge in [-0.25, -0.2) is 9.97 Å². The Hall–Kier alpha value is -1.94. The van der Waals surface area contributed by atoms with Gasteiger partial charge >= 0.3 is 0 Å². The van der Waals surface area contributed by atoms with Gasteiger partial charge in [-0.2, -0.15) is 0 Å². The zero-order valence-electron chi connectivity index (χ0n) is 10.4. The number of hydrogen-bond acceptors (Lipinski definition) is 4. The number of aromatic nitrogens is 2. The molecule has 1 aromatic heterocycles. The van der Waals surface area contributed by atoms with E-state index >= 15 is 0 Å². The van der Waals surface area contributed by atoms with E-state index in [4.69, 9.17) is 0 Å². The summed E-state index contributed by atoms with van der Waals surface area (Å²) in [6.45, 7) is 2.12. The topological polar surface area (TPSA) is 58.0 Å². The summed E-state index contributed by atoms with van der Waals surface area (Å²) in [5, 5.41) is 12.6. The minimum atomic E-state index is -0.182. The normalized spacial score (nSPS) is 12.1. The smallest absolute Gasteiger partial charge is 0.223 e. The van der Waals surface area contributed by atoms with Crippen LogP contribution in [-0.2, 0) is 6.42 Å². The van der Waals surface area contributed by atoms with Gasteiger partial charge in [-0.1, -0.05) is 31.2 Å². The van der Waals surface area contributed by atoms with Crippen molar-refractivity contribution in [1.82, 2.24) is 9.97 Å². The Morgan fingerprint density at radius 2 is 1.83 bits per heavy atom. The molecular formula is C14H17N3O. The van der Waals surface area contributed by atoms with Crippen molar-refractivity contribution in [3.63, 3.8) is 0 Å². The fourth-order valence-electron chi connectivity index (χ4n) is 1.75. The van der Waals surface area contributed by atoms with Gasteiger partial charge in [0.15, 0.2) is 0 Å². The second kappa shape index (κ2) is 6.12. The first-order valence-corrected chi connectivity index (χ1v) is 6.06. The minimum Gasteiger partial charge on any atom is -0.394 e. The third-order valence-electron chi connectivity index (χ3n) is 2.84. The lowest BCUT2D eigenvalue weighted by molar-refractivity contribution is 0.276. The highest BCUT2D eigenvalue weighted by molar-refractivity contribution is 5.33. The van der Waals surface area contributed by atoms with Crippen molar-refractivity contribution in [1.29, 1.82) is 0 Å². The van der Waals surface area contributed by atoms with Crippen molar-refractivity contribution in [3.05, 3.63) is 53.9 Å². The summed E-state index contributed by atoms with van der Waals surface area (Å²) in [6, 6.07) is 9.77. The summed E-state index contributed by atoms with van der Waals surface area (Å²) in [5.74, 6) is 0.524. The van der Waals surface area contributed by atoms with Crippen molar-refractivity contribution in [2.75, 3.05) is 11.9 Å². The molecule has 1 atom stereocenters. The fraction of sp³-hybridized carbons (Fsp3) is 0.286. The molecule has 4 heteroatoms. The molecule has 0 amide bonds. The van der Waals surface area contributed by atoms with Crippen LogP contribution in [0.2, 0.25) is 0 Å². The molecule has 0 saturated carbocycles. The molecule has 0 aliphatic carbocycles. The summed E-state index contributed by atoms with van der Waals surface area (Å²) in [6.07, 6.45) is 4.35. The van der Waals surface area contributed by atoms with E-state index in [1.54, 1.807) is 18.5 Å². The van der Waals surface area contributed by atoms with E-state index in [0.29, 0.717) is 5.95 Å². The summed E-state index contributed by atoms with van der Waals surface area (Å²) in [7, 11) is 0. The third kappa shape index (κ3) is 3.05. The Morgan fingerprint density at radius 1 is 1.17 bits per heavy atom. The van der Waals surface area contributed by atoms with Crippen LogP contribution in [0.15, 0.2) is 42.7 Å². The van der Waals surface area contributed by atoms with Crippen LogP contribution in [0.4, 0.5) is 5.95 Å². The predicted octanol–water partition coefficient (Wildman–Crippen LogP) is 2.18. The highest BCUT2D eigenvalue weighted by Crippen LogP contribution is 2.17. The van der Waals surface area contributed by atoms with Crippen molar-refractivity contribution in [2.24, 2.45) is 0 Å². The number of hydrogen-bond donors (Lipinski definition) is 2. The minimum absolute atomic E-state index is 0.00370. The lowest BCUT2D eigenvalue weighted by Gasteiger charge is -2.16. The number of rotatable bonds is 5. The maximum atomic E-state index is 9.45. The SMILES string of the molecule is CCc1ccc(C(CO)Nc2ncccn2)cc1. The number of aliphatic hydroxyl groups excluding tert-OH is 1. The third-order valence-corrected chi connectivity index (χ3v) is 2.84. The molecule has 0 bridgehead atoms. The second-order valence-electron chi connectivity index (χ2n) is 4.05. The maximum absolute atomic E-state index is 9.45. The van der Waals surface area contributed by atoms with Gasteiger partial charge in [-0.3, -0.25) is 0 Å². The Balaban J connectivity index is 2.12. The highest BCUT2D eigenvalue weighted by atomic mass is 16.3. The van der Waals surface area contributed by atoms with Crippen LogP contribution < -0.4 is 5.32 Å². The van der Waals surface area contributed by atoms with Crippen molar-refractivity contribution < 1.29 is 5.11 Å². The molecular weight excluding hydrogens is 226 g/mol. The van der Waals surface area contributed by atoms with Gasteiger partial charge < -0.3 is 10.4 Å². The van der Waals surface area contributed by atoms with Crippen LogP contribution in [0, 0.1) is 0 Å². The monoisotopic (exact) mass is 243 g/mol. The molecule has 1 unspecified atom stereocenters. The number of anilines is 1.